The van der Waals surface area contributed by atoms with E-state index in [1.165, 1.54) is 6.92 Å². The van der Waals surface area contributed by atoms with Gasteiger partial charge in [-0.25, -0.2) is 0 Å². The summed E-state index contributed by atoms with van der Waals surface area (Å²) >= 11 is 0. The van der Waals surface area contributed by atoms with Crippen molar-refractivity contribution in [3.63, 3.8) is 0 Å². The fraction of sp³-hybridized carbons (Fsp3) is 0.500. The first-order chi connectivity index (χ1) is 14.0. The maximum absolute atomic E-state index is 13.6. The Hall–Kier alpha value is -2.67. The molecule has 0 bridgehead atoms. The van der Waals surface area contributed by atoms with Crippen molar-refractivity contribution in [1.29, 1.82) is 0 Å². The lowest BCUT2D eigenvalue weighted by atomic mass is 9.87. The zero-order valence-corrected chi connectivity index (χ0v) is 16.7. The van der Waals surface area contributed by atoms with E-state index in [0.29, 0.717) is 43.9 Å². The Morgan fingerprint density at radius 2 is 2.03 bits per heavy atom. The standard InChI is InChI=1S/C22H27N3O4/c1-16(26)25-12-6-10-22(25,21(28)24-11-5-9-18(27)15-24)14-19-13-20(23-29-19)17-7-3-2-4-8-17/h2-4,7-8,13,18,27H,5-6,9-12,14-15H2,1H3/t18-,22+/m0/s1. The number of hydrogen-bond donors (Lipinski definition) is 1. The van der Waals surface area contributed by atoms with E-state index in [-0.39, 0.29) is 18.2 Å². The van der Waals surface area contributed by atoms with Gasteiger partial charge in [-0.05, 0) is 25.7 Å². The highest BCUT2D eigenvalue weighted by molar-refractivity contribution is 5.92. The Kier molecular flexibility index (Phi) is 5.41. The van der Waals surface area contributed by atoms with Gasteiger partial charge in [-0.3, -0.25) is 9.59 Å². The molecule has 0 unspecified atom stereocenters. The van der Waals surface area contributed by atoms with Gasteiger partial charge in [0.05, 0.1) is 6.10 Å². The molecule has 154 valence electrons. The number of likely N-dealkylation sites (tertiary alicyclic amines) is 2. The van der Waals surface area contributed by atoms with Crippen LogP contribution >= 0.6 is 0 Å². The summed E-state index contributed by atoms with van der Waals surface area (Å²) in [6, 6.07) is 11.6. The smallest absolute Gasteiger partial charge is 0.249 e. The molecule has 0 spiro atoms. The quantitative estimate of drug-likeness (QED) is 0.855. The maximum atomic E-state index is 13.6. The molecule has 4 rings (SSSR count). The zero-order valence-electron chi connectivity index (χ0n) is 16.7. The highest BCUT2D eigenvalue weighted by atomic mass is 16.5. The van der Waals surface area contributed by atoms with Crippen molar-refractivity contribution >= 4 is 11.8 Å². The molecule has 2 aromatic rings. The van der Waals surface area contributed by atoms with E-state index < -0.39 is 11.6 Å². The predicted molar refractivity (Wildman–Crippen MR) is 107 cm³/mol. The number of aliphatic hydroxyl groups excluding tert-OH is 1. The third-order valence-electron chi connectivity index (χ3n) is 6.05. The van der Waals surface area contributed by atoms with Gasteiger partial charge in [0.25, 0.3) is 0 Å². The lowest BCUT2D eigenvalue weighted by Crippen LogP contribution is -2.61. The largest absolute Gasteiger partial charge is 0.391 e. The summed E-state index contributed by atoms with van der Waals surface area (Å²) in [6.45, 7) is 2.98. The number of β-amino-alcohol motifs (C(OH)–C–C–N with tert-alkyl or cyclic N) is 1. The van der Waals surface area contributed by atoms with Crippen molar-refractivity contribution in [3.8, 4) is 11.3 Å². The molecule has 1 N–H and O–H groups in total. The van der Waals surface area contributed by atoms with Crippen LogP contribution in [0.25, 0.3) is 11.3 Å². The molecule has 0 radical (unpaired) electrons. The van der Waals surface area contributed by atoms with E-state index >= 15 is 0 Å². The second-order valence-corrected chi connectivity index (χ2v) is 8.07. The van der Waals surface area contributed by atoms with Crippen LogP contribution in [0, 0.1) is 0 Å². The molecule has 29 heavy (non-hydrogen) atoms. The highest BCUT2D eigenvalue weighted by Crippen LogP contribution is 2.36. The summed E-state index contributed by atoms with van der Waals surface area (Å²) in [4.78, 5) is 29.4. The van der Waals surface area contributed by atoms with E-state index in [1.54, 1.807) is 9.80 Å². The number of carbonyl (C=O) groups excluding carboxylic acids is 2. The normalized spacial score (nSPS) is 24.7. The van der Waals surface area contributed by atoms with Gasteiger partial charge >= 0.3 is 0 Å². The Balaban J connectivity index is 1.64. The van der Waals surface area contributed by atoms with Crippen LogP contribution in [0.3, 0.4) is 0 Å². The number of aromatic nitrogens is 1. The van der Waals surface area contributed by atoms with Gasteiger partial charge in [-0.1, -0.05) is 35.5 Å². The van der Waals surface area contributed by atoms with Gasteiger partial charge < -0.3 is 19.4 Å². The van der Waals surface area contributed by atoms with Crippen molar-refractivity contribution in [3.05, 3.63) is 42.2 Å². The second-order valence-electron chi connectivity index (χ2n) is 8.07. The van der Waals surface area contributed by atoms with Crippen molar-refractivity contribution in [2.75, 3.05) is 19.6 Å². The fourth-order valence-corrected chi connectivity index (χ4v) is 4.68. The van der Waals surface area contributed by atoms with Gasteiger partial charge in [0.15, 0.2) is 0 Å². The minimum absolute atomic E-state index is 0.0957. The average Bonchev–Trinajstić information content (AvgIpc) is 3.36. The van der Waals surface area contributed by atoms with Gasteiger partial charge in [-0.15, -0.1) is 0 Å². The van der Waals surface area contributed by atoms with E-state index in [2.05, 4.69) is 5.16 Å². The van der Waals surface area contributed by atoms with Crippen LogP contribution in [-0.2, 0) is 16.0 Å². The first kappa shape index (κ1) is 19.6. The SMILES string of the molecule is CC(=O)N1CCC[C@@]1(Cc1cc(-c2ccccc2)no1)C(=O)N1CCC[C@H](O)C1. The number of nitrogens with zero attached hydrogens (tertiary/aromatic N) is 3. The number of benzene rings is 1. The van der Waals surface area contributed by atoms with Crippen LogP contribution in [0.2, 0.25) is 0 Å². The molecule has 2 aliphatic rings. The average molecular weight is 397 g/mol. The Bertz CT molecular complexity index is 881. The number of hydrogen-bond acceptors (Lipinski definition) is 5. The summed E-state index contributed by atoms with van der Waals surface area (Å²) in [5.41, 5.74) is 0.678. The number of aliphatic hydroxyl groups is 1. The topological polar surface area (TPSA) is 86.9 Å². The Labute approximate surface area is 170 Å². The summed E-state index contributed by atoms with van der Waals surface area (Å²) in [7, 11) is 0. The highest BCUT2D eigenvalue weighted by Gasteiger charge is 2.51. The molecule has 2 amide bonds. The number of amides is 2. The molecular weight excluding hydrogens is 370 g/mol. The minimum atomic E-state index is -0.976. The van der Waals surface area contributed by atoms with Gasteiger partial charge in [0.1, 0.15) is 17.0 Å². The fourth-order valence-electron chi connectivity index (χ4n) is 4.68. The summed E-state index contributed by atoms with van der Waals surface area (Å²) < 4.78 is 5.58. The lowest BCUT2D eigenvalue weighted by molar-refractivity contribution is -0.153. The molecule has 2 fully saturated rings. The summed E-state index contributed by atoms with van der Waals surface area (Å²) in [6.07, 6.45) is 2.60. The summed E-state index contributed by atoms with van der Waals surface area (Å²) in [5.74, 6) is 0.376. The van der Waals surface area contributed by atoms with Crippen LogP contribution in [0.5, 0.6) is 0 Å². The van der Waals surface area contributed by atoms with Crippen LogP contribution in [0.15, 0.2) is 40.9 Å². The maximum Gasteiger partial charge on any atom is 0.249 e. The van der Waals surface area contributed by atoms with Crippen LogP contribution in [0.4, 0.5) is 0 Å². The van der Waals surface area contributed by atoms with Crippen LogP contribution < -0.4 is 0 Å². The number of piperidine rings is 1. The van der Waals surface area contributed by atoms with Crippen LogP contribution in [-0.4, -0.2) is 63.2 Å². The molecule has 7 nitrogen and oxygen atoms in total. The monoisotopic (exact) mass is 397 g/mol. The third-order valence-corrected chi connectivity index (χ3v) is 6.05. The van der Waals surface area contributed by atoms with E-state index in [1.807, 2.05) is 36.4 Å². The predicted octanol–water partition coefficient (Wildman–Crippen LogP) is 2.25. The molecule has 2 atom stereocenters. The molecule has 2 saturated heterocycles. The zero-order chi connectivity index (χ0) is 20.4. The van der Waals surface area contributed by atoms with Gasteiger partial charge in [-0.2, -0.15) is 0 Å². The summed E-state index contributed by atoms with van der Waals surface area (Å²) in [5, 5.41) is 14.2. The molecule has 7 heteroatoms. The molecule has 0 aliphatic carbocycles. The van der Waals surface area contributed by atoms with Crippen molar-refractivity contribution < 1.29 is 19.2 Å². The molecule has 1 aromatic carbocycles. The molecule has 1 aromatic heterocycles. The third kappa shape index (κ3) is 3.79. The Morgan fingerprint density at radius 1 is 1.24 bits per heavy atom. The van der Waals surface area contributed by atoms with Crippen molar-refractivity contribution in [2.24, 2.45) is 0 Å². The van der Waals surface area contributed by atoms with Crippen LogP contribution in [0.1, 0.15) is 38.4 Å². The molecule has 0 saturated carbocycles. The van der Waals surface area contributed by atoms with E-state index in [0.717, 1.165) is 18.4 Å². The van der Waals surface area contributed by atoms with Gasteiger partial charge in [0.2, 0.25) is 11.8 Å². The number of rotatable bonds is 4. The minimum Gasteiger partial charge on any atom is -0.391 e. The Morgan fingerprint density at radius 3 is 2.76 bits per heavy atom. The lowest BCUT2D eigenvalue weighted by Gasteiger charge is -2.41. The van der Waals surface area contributed by atoms with E-state index in [9.17, 15) is 14.7 Å². The van der Waals surface area contributed by atoms with Crippen molar-refractivity contribution in [2.45, 2.75) is 50.7 Å². The first-order valence-corrected chi connectivity index (χ1v) is 10.3. The first-order valence-electron chi connectivity index (χ1n) is 10.3. The van der Waals surface area contributed by atoms with E-state index in [4.69, 9.17) is 4.52 Å². The molecule has 2 aliphatic heterocycles. The second kappa shape index (κ2) is 7.99. The molecule has 3 heterocycles. The molecular formula is C22H27N3O4. The van der Waals surface area contributed by atoms with Gasteiger partial charge in [0, 0.05) is 44.6 Å². The number of carbonyl (C=O) groups is 2. The van der Waals surface area contributed by atoms with Crippen molar-refractivity contribution in [1.82, 2.24) is 15.0 Å².